The summed E-state index contributed by atoms with van der Waals surface area (Å²) in [6, 6.07) is 5.03. The van der Waals surface area contributed by atoms with Crippen molar-refractivity contribution in [3.63, 3.8) is 0 Å². The molecule has 0 atom stereocenters. The number of alkyl halides is 1. The van der Waals surface area contributed by atoms with Gasteiger partial charge in [-0.2, -0.15) is 0 Å². The number of halogens is 2. The Morgan fingerprint density at radius 2 is 2.33 bits per heavy atom. The molecule has 0 aromatic heterocycles. The molecule has 0 spiro atoms. The maximum absolute atomic E-state index is 13.4. The SMILES string of the molecule is O=C(CCl)N1CCc2cccc(F)c2C1. The summed E-state index contributed by atoms with van der Waals surface area (Å²) in [4.78, 5) is 13.0. The molecule has 15 heavy (non-hydrogen) atoms. The van der Waals surface area contributed by atoms with Gasteiger partial charge in [-0.1, -0.05) is 12.1 Å². The lowest BCUT2D eigenvalue weighted by atomic mass is 9.99. The minimum Gasteiger partial charge on any atom is -0.337 e. The molecule has 0 radical (unpaired) electrons. The number of hydrogen-bond acceptors (Lipinski definition) is 1. The molecule has 0 unspecified atom stereocenters. The van der Waals surface area contributed by atoms with Crippen molar-refractivity contribution in [1.29, 1.82) is 0 Å². The van der Waals surface area contributed by atoms with Gasteiger partial charge in [0.25, 0.3) is 0 Å². The predicted molar refractivity (Wildman–Crippen MR) is 56.2 cm³/mol. The van der Waals surface area contributed by atoms with E-state index in [4.69, 9.17) is 11.6 Å². The first-order chi connectivity index (χ1) is 7.22. The second-order valence-corrected chi connectivity index (χ2v) is 3.84. The van der Waals surface area contributed by atoms with Crippen LogP contribution in [0.4, 0.5) is 4.39 Å². The average molecular weight is 228 g/mol. The van der Waals surface area contributed by atoms with Crippen molar-refractivity contribution in [2.45, 2.75) is 13.0 Å². The lowest BCUT2D eigenvalue weighted by molar-refractivity contribution is -0.129. The van der Waals surface area contributed by atoms with Gasteiger partial charge in [0, 0.05) is 18.7 Å². The molecule has 0 fully saturated rings. The van der Waals surface area contributed by atoms with Crippen LogP contribution in [-0.4, -0.2) is 23.2 Å². The molecule has 1 aromatic carbocycles. The van der Waals surface area contributed by atoms with Crippen LogP contribution in [-0.2, 0) is 17.8 Å². The summed E-state index contributed by atoms with van der Waals surface area (Å²) in [6.07, 6.45) is 0.704. The second kappa shape index (κ2) is 4.19. The van der Waals surface area contributed by atoms with Gasteiger partial charge in [-0.3, -0.25) is 4.79 Å². The molecule has 1 aromatic rings. The van der Waals surface area contributed by atoms with Crippen molar-refractivity contribution in [2.24, 2.45) is 0 Å². The molecule has 2 rings (SSSR count). The third-order valence-corrected chi connectivity index (χ3v) is 2.91. The van der Waals surface area contributed by atoms with E-state index in [9.17, 15) is 9.18 Å². The Bertz CT molecular complexity index is 394. The topological polar surface area (TPSA) is 20.3 Å². The summed E-state index contributed by atoms with van der Waals surface area (Å²) in [6.45, 7) is 0.968. The molecule has 0 saturated carbocycles. The Morgan fingerprint density at radius 1 is 1.53 bits per heavy atom. The minimum absolute atomic E-state index is 0.0379. The average Bonchev–Trinajstić information content (AvgIpc) is 2.28. The molecule has 2 nitrogen and oxygen atoms in total. The van der Waals surface area contributed by atoms with Gasteiger partial charge in [-0.05, 0) is 18.1 Å². The van der Waals surface area contributed by atoms with Gasteiger partial charge in [0.15, 0.2) is 0 Å². The summed E-state index contributed by atoms with van der Waals surface area (Å²) in [5, 5.41) is 0. The van der Waals surface area contributed by atoms with E-state index in [-0.39, 0.29) is 17.6 Å². The molecular weight excluding hydrogens is 217 g/mol. The summed E-state index contributed by atoms with van der Waals surface area (Å²) >= 11 is 5.47. The van der Waals surface area contributed by atoms with Gasteiger partial charge >= 0.3 is 0 Å². The smallest absolute Gasteiger partial charge is 0.237 e. The van der Waals surface area contributed by atoms with Gasteiger partial charge < -0.3 is 4.90 Å². The molecule has 0 aliphatic carbocycles. The first kappa shape index (κ1) is 10.4. The molecule has 0 N–H and O–H groups in total. The van der Waals surface area contributed by atoms with Crippen molar-refractivity contribution in [2.75, 3.05) is 12.4 Å². The van der Waals surface area contributed by atoms with E-state index in [1.54, 1.807) is 11.0 Å². The monoisotopic (exact) mass is 227 g/mol. The lowest BCUT2D eigenvalue weighted by Gasteiger charge is -2.28. The van der Waals surface area contributed by atoms with Crippen molar-refractivity contribution in [3.05, 3.63) is 35.1 Å². The van der Waals surface area contributed by atoms with Gasteiger partial charge in [0.2, 0.25) is 5.91 Å². The molecule has 1 aliphatic heterocycles. The molecule has 80 valence electrons. The molecule has 0 saturated heterocycles. The quantitative estimate of drug-likeness (QED) is 0.672. The number of fused-ring (bicyclic) bond motifs is 1. The Hall–Kier alpha value is -1.09. The van der Waals surface area contributed by atoms with E-state index in [0.29, 0.717) is 25.1 Å². The fraction of sp³-hybridized carbons (Fsp3) is 0.364. The van der Waals surface area contributed by atoms with Crippen LogP contribution in [0.3, 0.4) is 0 Å². The third-order valence-electron chi connectivity index (χ3n) is 2.68. The highest BCUT2D eigenvalue weighted by atomic mass is 35.5. The number of carbonyl (C=O) groups is 1. The summed E-state index contributed by atoms with van der Waals surface area (Å²) in [5.41, 5.74) is 1.62. The van der Waals surface area contributed by atoms with Crippen molar-refractivity contribution < 1.29 is 9.18 Å². The fourth-order valence-corrected chi connectivity index (χ4v) is 2.01. The van der Waals surface area contributed by atoms with Gasteiger partial charge in [-0.15, -0.1) is 11.6 Å². The summed E-state index contributed by atoms with van der Waals surface area (Å²) < 4.78 is 13.4. The molecule has 1 aliphatic rings. The van der Waals surface area contributed by atoms with Crippen molar-refractivity contribution >= 4 is 17.5 Å². The molecule has 0 bridgehead atoms. The van der Waals surface area contributed by atoms with Gasteiger partial charge in [-0.25, -0.2) is 4.39 Å². The minimum atomic E-state index is -0.237. The van der Waals surface area contributed by atoms with E-state index in [1.807, 2.05) is 6.07 Å². The summed E-state index contributed by atoms with van der Waals surface area (Å²) in [7, 11) is 0. The maximum atomic E-state index is 13.4. The molecule has 4 heteroatoms. The first-order valence-corrected chi connectivity index (χ1v) is 5.36. The van der Waals surface area contributed by atoms with E-state index in [1.165, 1.54) is 6.07 Å². The van der Waals surface area contributed by atoms with E-state index in [2.05, 4.69) is 0 Å². The number of benzene rings is 1. The van der Waals surface area contributed by atoms with Crippen LogP contribution >= 0.6 is 11.6 Å². The highest BCUT2D eigenvalue weighted by Gasteiger charge is 2.21. The second-order valence-electron chi connectivity index (χ2n) is 3.58. The number of amides is 1. The standard InChI is InChI=1S/C11H11ClFNO/c12-6-11(15)14-5-4-8-2-1-3-10(13)9(8)7-14/h1-3H,4-7H2. The lowest BCUT2D eigenvalue weighted by Crippen LogP contribution is -2.37. The van der Waals surface area contributed by atoms with Gasteiger partial charge in [0.1, 0.15) is 11.7 Å². The highest BCUT2D eigenvalue weighted by molar-refractivity contribution is 6.27. The summed E-state index contributed by atoms with van der Waals surface area (Å²) in [5.74, 6) is -0.408. The van der Waals surface area contributed by atoms with Crippen LogP contribution in [0.15, 0.2) is 18.2 Å². The van der Waals surface area contributed by atoms with E-state index in [0.717, 1.165) is 5.56 Å². The largest absolute Gasteiger partial charge is 0.337 e. The predicted octanol–water partition coefficient (Wildman–Crippen LogP) is 1.95. The Labute approximate surface area is 92.6 Å². The van der Waals surface area contributed by atoms with E-state index >= 15 is 0 Å². The number of rotatable bonds is 1. The fourth-order valence-electron chi connectivity index (χ4n) is 1.84. The number of carbonyl (C=O) groups excluding carboxylic acids is 1. The number of hydrogen-bond donors (Lipinski definition) is 0. The highest BCUT2D eigenvalue weighted by Crippen LogP contribution is 2.21. The van der Waals surface area contributed by atoms with Crippen LogP contribution in [0.5, 0.6) is 0 Å². The zero-order valence-electron chi connectivity index (χ0n) is 8.17. The van der Waals surface area contributed by atoms with E-state index < -0.39 is 0 Å². The molecular formula is C11H11ClFNO. The zero-order chi connectivity index (χ0) is 10.8. The molecule has 1 heterocycles. The third kappa shape index (κ3) is 1.97. The Balaban J connectivity index is 2.26. The normalized spacial score (nSPS) is 14.9. The van der Waals surface area contributed by atoms with Crippen molar-refractivity contribution in [3.8, 4) is 0 Å². The van der Waals surface area contributed by atoms with Crippen LogP contribution in [0.2, 0.25) is 0 Å². The number of nitrogens with zero attached hydrogens (tertiary/aromatic N) is 1. The maximum Gasteiger partial charge on any atom is 0.237 e. The van der Waals surface area contributed by atoms with Crippen molar-refractivity contribution in [1.82, 2.24) is 4.90 Å². The van der Waals surface area contributed by atoms with Crippen LogP contribution in [0, 0.1) is 5.82 Å². The zero-order valence-corrected chi connectivity index (χ0v) is 8.93. The van der Waals surface area contributed by atoms with Gasteiger partial charge in [0.05, 0.1) is 0 Å². The van der Waals surface area contributed by atoms with Crippen LogP contribution in [0.1, 0.15) is 11.1 Å². The Kier molecular flexibility index (Phi) is 2.91. The molecule has 1 amide bonds. The Morgan fingerprint density at radius 3 is 3.07 bits per heavy atom. The van der Waals surface area contributed by atoms with Crippen LogP contribution in [0.25, 0.3) is 0 Å². The van der Waals surface area contributed by atoms with Crippen LogP contribution < -0.4 is 0 Å². The first-order valence-electron chi connectivity index (χ1n) is 4.82.